The van der Waals surface area contributed by atoms with Gasteiger partial charge >= 0.3 is 17.9 Å². The molecule has 74 heavy (non-hydrogen) atoms. The molecular weight excluding hydrogens is 913 g/mol. The minimum absolute atomic E-state index is 0.0931. The number of hydrogen-bond acceptors (Lipinski definition) is 6. The van der Waals surface area contributed by atoms with Crippen molar-refractivity contribution in [3.63, 3.8) is 0 Å². The summed E-state index contributed by atoms with van der Waals surface area (Å²) in [5.41, 5.74) is 0. The molecule has 0 aromatic heterocycles. The van der Waals surface area contributed by atoms with Crippen molar-refractivity contribution in [2.24, 2.45) is 0 Å². The van der Waals surface area contributed by atoms with Gasteiger partial charge in [0.1, 0.15) is 13.2 Å². The predicted octanol–water partition coefficient (Wildman–Crippen LogP) is 20.6. The largest absolute Gasteiger partial charge is 0.462 e. The van der Waals surface area contributed by atoms with Gasteiger partial charge in [0, 0.05) is 12.8 Å². The van der Waals surface area contributed by atoms with E-state index >= 15 is 0 Å². The van der Waals surface area contributed by atoms with Crippen LogP contribution in [0.25, 0.3) is 0 Å². The van der Waals surface area contributed by atoms with Crippen molar-refractivity contribution in [2.75, 3.05) is 13.2 Å². The second-order valence-corrected chi connectivity index (χ2v) is 19.5. The molecule has 0 N–H and O–H groups in total. The van der Waals surface area contributed by atoms with Crippen LogP contribution in [0.5, 0.6) is 0 Å². The number of esters is 3. The monoisotopic (exact) mass is 1020 g/mol. The second kappa shape index (κ2) is 61.1. The minimum atomic E-state index is -0.836. The zero-order valence-corrected chi connectivity index (χ0v) is 47.8. The van der Waals surface area contributed by atoms with Gasteiger partial charge in [-0.1, -0.05) is 276 Å². The maximum absolute atomic E-state index is 12.8. The van der Waals surface area contributed by atoms with Gasteiger partial charge in [0.2, 0.25) is 0 Å². The lowest BCUT2D eigenvalue weighted by atomic mass is 10.0. The molecule has 0 aromatic carbocycles. The number of carbonyl (C=O) groups excluding carboxylic acids is 3. The minimum Gasteiger partial charge on any atom is -0.462 e. The molecule has 6 nitrogen and oxygen atoms in total. The summed E-state index contributed by atoms with van der Waals surface area (Å²) in [6, 6.07) is 0. The van der Waals surface area contributed by atoms with Gasteiger partial charge in [0.05, 0.1) is 6.42 Å². The molecule has 0 saturated carbocycles. The van der Waals surface area contributed by atoms with Gasteiger partial charge in [-0.15, -0.1) is 0 Å². The van der Waals surface area contributed by atoms with Gasteiger partial charge in [-0.25, -0.2) is 0 Å². The first-order valence-corrected chi connectivity index (χ1v) is 30.2. The maximum Gasteiger partial charge on any atom is 0.310 e. The molecule has 0 aliphatic carbocycles. The average Bonchev–Trinajstić information content (AvgIpc) is 3.40. The molecule has 0 heterocycles. The molecule has 0 aromatic rings. The van der Waals surface area contributed by atoms with E-state index in [0.717, 1.165) is 116 Å². The third kappa shape index (κ3) is 58.4. The highest BCUT2D eigenvalue weighted by Crippen LogP contribution is 2.15. The van der Waals surface area contributed by atoms with E-state index < -0.39 is 12.1 Å². The summed E-state index contributed by atoms with van der Waals surface area (Å²) in [6.45, 7) is 6.32. The molecule has 0 fully saturated rings. The van der Waals surface area contributed by atoms with Gasteiger partial charge in [-0.05, 0) is 96.3 Å². The van der Waals surface area contributed by atoms with Crippen LogP contribution in [-0.2, 0) is 28.6 Å². The van der Waals surface area contributed by atoms with Crippen molar-refractivity contribution in [3.05, 3.63) is 134 Å². The lowest BCUT2D eigenvalue weighted by Gasteiger charge is -2.18. The van der Waals surface area contributed by atoms with E-state index in [0.29, 0.717) is 12.8 Å². The Morgan fingerprint density at radius 3 is 0.892 bits per heavy atom. The molecule has 0 saturated heterocycles. The molecule has 0 bridgehead atoms. The number of carbonyl (C=O) groups is 3. The Balaban J connectivity index is 4.34. The zero-order chi connectivity index (χ0) is 53.6. The summed E-state index contributed by atoms with van der Waals surface area (Å²) in [7, 11) is 0. The van der Waals surface area contributed by atoms with E-state index in [1.807, 2.05) is 6.08 Å². The molecule has 1 unspecified atom stereocenters. The van der Waals surface area contributed by atoms with Crippen molar-refractivity contribution in [3.8, 4) is 0 Å². The Morgan fingerprint density at radius 1 is 0.297 bits per heavy atom. The summed E-state index contributed by atoms with van der Waals surface area (Å²) in [5.74, 6) is -1.06. The molecule has 0 aliphatic rings. The number of hydrogen-bond donors (Lipinski definition) is 0. The highest BCUT2D eigenvalue weighted by Gasteiger charge is 2.19. The van der Waals surface area contributed by atoms with E-state index in [9.17, 15) is 14.4 Å². The Kier molecular flexibility index (Phi) is 57.4. The van der Waals surface area contributed by atoms with Gasteiger partial charge in [-0.3, -0.25) is 14.4 Å². The number of ether oxygens (including phenoxy) is 3. The first-order valence-electron chi connectivity index (χ1n) is 30.2. The van der Waals surface area contributed by atoms with Gasteiger partial charge in [-0.2, -0.15) is 0 Å². The van der Waals surface area contributed by atoms with Crippen molar-refractivity contribution >= 4 is 17.9 Å². The van der Waals surface area contributed by atoms with Crippen LogP contribution in [0.2, 0.25) is 0 Å². The Bertz CT molecular complexity index is 1600. The SMILES string of the molecule is CC/C=C\C/C=C\C/C=C\C/C=C\C/C=C\C/C=C\CCCCCCCCCCCCC(=O)OCC(COC(=O)CCCCCCCCCCCCCC)OC(=O)C/C=C\C/C=C\C/C=C\C/C=C\C/C=C\CC. The van der Waals surface area contributed by atoms with Crippen molar-refractivity contribution in [1.29, 1.82) is 0 Å². The molecular formula is C68H110O6. The van der Waals surface area contributed by atoms with Crippen LogP contribution in [0, 0.1) is 0 Å². The highest BCUT2D eigenvalue weighted by atomic mass is 16.6. The average molecular weight is 1020 g/mol. The van der Waals surface area contributed by atoms with Crippen molar-refractivity contribution < 1.29 is 28.6 Å². The maximum atomic E-state index is 12.8. The standard InChI is InChI=1S/C68H110O6/c1-4-7-10-13-16-19-22-25-27-28-29-30-31-32-33-34-35-36-37-38-39-40-42-43-46-49-52-55-58-61-67(70)73-64-65(63-72-66(69)60-57-54-51-48-45-24-21-18-15-12-9-6-3)74-68(71)62-59-56-53-50-47-44-41-26-23-20-17-14-11-8-5-2/h7-8,10-11,16-17,19-20,25-27,29-30,32-33,35-36,41,47,50,56,59,65H,4-6,9,12-15,18,21-24,28,31,34,37-40,42-46,48-49,51-55,57-58,60-64H2,1-3H3/b10-7-,11-8-,19-16-,20-17-,27-25-,30-29-,33-32-,36-35-,41-26-,50-47-,59-56-. The number of allylic oxidation sites excluding steroid dienone is 21. The Morgan fingerprint density at radius 2 is 0.568 bits per heavy atom. The third-order valence-corrected chi connectivity index (χ3v) is 12.4. The Labute approximate surface area is 455 Å². The molecule has 0 aliphatic heterocycles. The Hall–Kier alpha value is -4.45. The van der Waals surface area contributed by atoms with Crippen LogP contribution in [-0.4, -0.2) is 37.2 Å². The highest BCUT2D eigenvalue weighted by molar-refractivity contribution is 5.72. The first kappa shape index (κ1) is 69.5. The smallest absolute Gasteiger partial charge is 0.310 e. The molecule has 6 heteroatoms. The van der Waals surface area contributed by atoms with Crippen LogP contribution >= 0.6 is 0 Å². The molecule has 1 atom stereocenters. The quantitative estimate of drug-likeness (QED) is 0.0261. The summed E-state index contributed by atoms with van der Waals surface area (Å²) in [5, 5.41) is 0. The molecule has 0 rings (SSSR count). The lowest BCUT2D eigenvalue weighted by Crippen LogP contribution is -2.30. The van der Waals surface area contributed by atoms with Crippen LogP contribution in [0.1, 0.15) is 258 Å². The first-order chi connectivity index (χ1) is 36.5. The summed E-state index contributed by atoms with van der Waals surface area (Å²) >= 11 is 0. The van der Waals surface area contributed by atoms with E-state index in [-0.39, 0.29) is 31.6 Å². The second-order valence-electron chi connectivity index (χ2n) is 19.5. The fourth-order valence-electron chi connectivity index (χ4n) is 7.99. The van der Waals surface area contributed by atoms with Crippen molar-refractivity contribution in [2.45, 2.75) is 264 Å². The predicted molar refractivity (Wildman–Crippen MR) is 320 cm³/mol. The van der Waals surface area contributed by atoms with E-state index in [1.54, 1.807) is 6.08 Å². The topological polar surface area (TPSA) is 78.9 Å². The van der Waals surface area contributed by atoms with Gasteiger partial charge in [0.25, 0.3) is 0 Å². The molecule has 0 radical (unpaired) electrons. The summed E-state index contributed by atoms with van der Waals surface area (Å²) in [6.07, 6.45) is 86.2. The third-order valence-electron chi connectivity index (χ3n) is 12.4. The van der Waals surface area contributed by atoms with E-state index in [1.165, 1.54) is 103 Å². The molecule has 0 spiro atoms. The van der Waals surface area contributed by atoms with Crippen LogP contribution in [0.3, 0.4) is 0 Å². The molecule has 418 valence electrons. The van der Waals surface area contributed by atoms with Crippen LogP contribution < -0.4 is 0 Å². The summed E-state index contributed by atoms with van der Waals surface area (Å²) < 4.78 is 16.7. The number of rotatable bonds is 53. The van der Waals surface area contributed by atoms with Crippen molar-refractivity contribution in [1.82, 2.24) is 0 Å². The fraction of sp³-hybridized carbons (Fsp3) is 0.632. The van der Waals surface area contributed by atoms with Crippen LogP contribution in [0.4, 0.5) is 0 Å². The van der Waals surface area contributed by atoms with E-state index in [4.69, 9.17) is 14.2 Å². The van der Waals surface area contributed by atoms with E-state index in [2.05, 4.69) is 142 Å². The number of unbranched alkanes of at least 4 members (excludes halogenated alkanes) is 21. The zero-order valence-electron chi connectivity index (χ0n) is 47.8. The normalized spacial score (nSPS) is 13.1. The van der Waals surface area contributed by atoms with Gasteiger partial charge in [0.15, 0.2) is 6.10 Å². The van der Waals surface area contributed by atoms with Gasteiger partial charge < -0.3 is 14.2 Å². The van der Waals surface area contributed by atoms with Crippen LogP contribution in [0.15, 0.2) is 134 Å². The summed E-state index contributed by atoms with van der Waals surface area (Å²) in [4.78, 5) is 38.1. The fourth-order valence-corrected chi connectivity index (χ4v) is 7.99. The lowest BCUT2D eigenvalue weighted by molar-refractivity contribution is -0.166. The molecule has 0 amide bonds.